The molecule has 1 fully saturated rings. The first-order valence-corrected chi connectivity index (χ1v) is 6.59. The highest BCUT2D eigenvalue weighted by atomic mass is 32.2. The second-order valence-electron chi connectivity index (χ2n) is 4.00. The summed E-state index contributed by atoms with van der Waals surface area (Å²) in [7, 11) is 0. The molecule has 0 atom stereocenters. The molecule has 16 heavy (non-hydrogen) atoms. The van der Waals surface area contributed by atoms with Crippen LogP contribution in [0.25, 0.3) is 0 Å². The van der Waals surface area contributed by atoms with Crippen LogP contribution >= 0.6 is 11.8 Å². The molecular weight excluding hydrogens is 222 g/mol. The fourth-order valence-corrected chi connectivity index (χ4v) is 2.72. The van der Waals surface area contributed by atoms with Crippen molar-refractivity contribution < 1.29 is 0 Å². The Labute approximate surface area is 99.6 Å². The SMILES string of the molecule is CSC1(CNc2ccnc(NN)n2)CCC1. The fraction of sp³-hybridized carbons (Fsp3) is 0.600. The van der Waals surface area contributed by atoms with Crippen LogP contribution in [0.3, 0.4) is 0 Å². The van der Waals surface area contributed by atoms with Gasteiger partial charge in [-0.2, -0.15) is 16.7 Å². The molecule has 1 aliphatic carbocycles. The van der Waals surface area contributed by atoms with Gasteiger partial charge in [-0.25, -0.2) is 10.8 Å². The lowest BCUT2D eigenvalue weighted by molar-refractivity contribution is 0.379. The van der Waals surface area contributed by atoms with Crippen molar-refractivity contribution in [2.45, 2.75) is 24.0 Å². The molecule has 0 unspecified atom stereocenters. The smallest absolute Gasteiger partial charge is 0.239 e. The fourth-order valence-electron chi connectivity index (χ4n) is 1.80. The largest absolute Gasteiger partial charge is 0.369 e. The molecule has 0 aliphatic heterocycles. The van der Waals surface area contributed by atoms with Crippen molar-refractivity contribution in [3.05, 3.63) is 12.3 Å². The van der Waals surface area contributed by atoms with E-state index in [1.165, 1.54) is 19.3 Å². The highest BCUT2D eigenvalue weighted by Gasteiger charge is 2.35. The lowest BCUT2D eigenvalue weighted by Crippen LogP contribution is -2.40. The number of nitrogens with two attached hydrogens (primary N) is 1. The third kappa shape index (κ3) is 2.38. The van der Waals surface area contributed by atoms with Gasteiger partial charge in [-0.05, 0) is 25.2 Å². The van der Waals surface area contributed by atoms with Gasteiger partial charge in [0.1, 0.15) is 5.82 Å². The van der Waals surface area contributed by atoms with Crippen LogP contribution in [0.5, 0.6) is 0 Å². The number of aromatic nitrogens is 2. The molecule has 88 valence electrons. The van der Waals surface area contributed by atoms with Gasteiger partial charge in [-0.1, -0.05) is 6.42 Å². The van der Waals surface area contributed by atoms with E-state index < -0.39 is 0 Å². The first-order valence-electron chi connectivity index (χ1n) is 5.37. The van der Waals surface area contributed by atoms with E-state index in [0.29, 0.717) is 10.7 Å². The average molecular weight is 239 g/mol. The number of anilines is 2. The lowest BCUT2D eigenvalue weighted by Gasteiger charge is -2.40. The van der Waals surface area contributed by atoms with Crippen LogP contribution in [-0.4, -0.2) is 27.5 Å². The van der Waals surface area contributed by atoms with Crippen molar-refractivity contribution in [3.8, 4) is 0 Å². The Bertz CT molecular complexity index is 347. The minimum absolute atomic E-state index is 0.404. The summed E-state index contributed by atoms with van der Waals surface area (Å²) in [4.78, 5) is 8.18. The predicted molar refractivity (Wildman–Crippen MR) is 68.4 cm³/mol. The van der Waals surface area contributed by atoms with Gasteiger partial charge in [0.25, 0.3) is 0 Å². The molecule has 5 nitrogen and oxygen atoms in total. The van der Waals surface area contributed by atoms with Crippen LogP contribution in [0.4, 0.5) is 11.8 Å². The van der Waals surface area contributed by atoms with Crippen LogP contribution in [0, 0.1) is 0 Å². The first-order chi connectivity index (χ1) is 7.78. The number of nitrogen functional groups attached to an aromatic ring is 1. The molecule has 2 rings (SSSR count). The highest BCUT2D eigenvalue weighted by Crippen LogP contribution is 2.42. The summed E-state index contributed by atoms with van der Waals surface area (Å²) in [5.74, 6) is 6.52. The average Bonchev–Trinajstić information content (AvgIpc) is 2.29. The van der Waals surface area contributed by atoms with E-state index >= 15 is 0 Å². The minimum atomic E-state index is 0.404. The molecule has 0 spiro atoms. The summed E-state index contributed by atoms with van der Waals surface area (Å²) >= 11 is 1.94. The van der Waals surface area contributed by atoms with Crippen molar-refractivity contribution in [3.63, 3.8) is 0 Å². The standard InChI is InChI=1S/C10H17N5S/c1-16-10(4-2-5-10)7-13-8-3-6-12-9(14-8)15-11/h3,6H,2,4-5,7,11H2,1H3,(H2,12,13,14,15). The van der Waals surface area contributed by atoms with Crippen LogP contribution < -0.4 is 16.6 Å². The van der Waals surface area contributed by atoms with Gasteiger partial charge in [-0.3, -0.25) is 5.43 Å². The lowest BCUT2D eigenvalue weighted by atomic mass is 9.84. The second-order valence-corrected chi connectivity index (χ2v) is 5.28. The number of rotatable bonds is 5. The Hall–Kier alpha value is -1.01. The third-order valence-electron chi connectivity index (χ3n) is 3.07. The topological polar surface area (TPSA) is 75.9 Å². The van der Waals surface area contributed by atoms with E-state index in [-0.39, 0.29) is 0 Å². The molecule has 0 amide bonds. The van der Waals surface area contributed by atoms with Gasteiger partial charge in [-0.15, -0.1) is 0 Å². The molecule has 0 aromatic carbocycles. The van der Waals surface area contributed by atoms with Gasteiger partial charge in [0.15, 0.2) is 0 Å². The second kappa shape index (κ2) is 4.88. The maximum Gasteiger partial charge on any atom is 0.239 e. The Morgan fingerprint density at radius 3 is 2.94 bits per heavy atom. The van der Waals surface area contributed by atoms with Crippen LogP contribution in [0.2, 0.25) is 0 Å². The van der Waals surface area contributed by atoms with Crippen molar-refractivity contribution >= 4 is 23.5 Å². The van der Waals surface area contributed by atoms with Crippen molar-refractivity contribution in [1.82, 2.24) is 9.97 Å². The van der Waals surface area contributed by atoms with Gasteiger partial charge >= 0.3 is 0 Å². The molecule has 1 aliphatic rings. The van der Waals surface area contributed by atoms with E-state index in [2.05, 4.69) is 27.0 Å². The number of nitrogens with zero attached hydrogens (tertiary/aromatic N) is 2. The third-order valence-corrected chi connectivity index (χ3v) is 4.49. The zero-order valence-corrected chi connectivity index (χ0v) is 10.2. The predicted octanol–water partition coefficient (Wildman–Crippen LogP) is 1.46. The van der Waals surface area contributed by atoms with Gasteiger partial charge in [0.05, 0.1) is 0 Å². The maximum absolute atomic E-state index is 5.26. The Kier molecular flexibility index (Phi) is 3.50. The summed E-state index contributed by atoms with van der Waals surface area (Å²) in [5.41, 5.74) is 2.44. The van der Waals surface area contributed by atoms with Gasteiger partial charge in [0, 0.05) is 17.5 Å². The summed E-state index contributed by atoms with van der Waals surface area (Å²) in [5, 5.41) is 3.35. The van der Waals surface area contributed by atoms with E-state index in [9.17, 15) is 0 Å². The highest BCUT2D eigenvalue weighted by molar-refractivity contribution is 8.00. The Morgan fingerprint density at radius 1 is 1.56 bits per heavy atom. The quantitative estimate of drug-likeness (QED) is 0.533. The van der Waals surface area contributed by atoms with Crippen LogP contribution in [0.1, 0.15) is 19.3 Å². The van der Waals surface area contributed by atoms with Gasteiger partial charge in [0.2, 0.25) is 5.95 Å². The van der Waals surface area contributed by atoms with Crippen LogP contribution in [0.15, 0.2) is 12.3 Å². The number of nitrogens with one attached hydrogen (secondary N) is 2. The molecule has 1 aromatic rings. The molecule has 4 N–H and O–H groups in total. The van der Waals surface area contributed by atoms with Crippen molar-refractivity contribution in [2.75, 3.05) is 23.5 Å². The van der Waals surface area contributed by atoms with Crippen molar-refractivity contribution in [2.24, 2.45) is 5.84 Å². The molecule has 6 heteroatoms. The molecule has 0 radical (unpaired) electrons. The monoisotopic (exact) mass is 239 g/mol. The zero-order chi connectivity index (χ0) is 11.4. The van der Waals surface area contributed by atoms with Gasteiger partial charge < -0.3 is 5.32 Å². The molecule has 0 bridgehead atoms. The zero-order valence-electron chi connectivity index (χ0n) is 9.36. The van der Waals surface area contributed by atoms with Crippen LogP contribution in [-0.2, 0) is 0 Å². The Morgan fingerprint density at radius 2 is 2.38 bits per heavy atom. The maximum atomic E-state index is 5.26. The molecule has 1 aromatic heterocycles. The number of thioether (sulfide) groups is 1. The normalized spacial score (nSPS) is 17.6. The molecular formula is C10H17N5S. The Balaban J connectivity index is 1.93. The summed E-state index contributed by atoms with van der Waals surface area (Å²) in [6.45, 7) is 0.954. The molecule has 1 heterocycles. The molecule has 1 saturated carbocycles. The number of hydrogen-bond acceptors (Lipinski definition) is 6. The van der Waals surface area contributed by atoms with E-state index in [4.69, 9.17) is 5.84 Å². The summed E-state index contributed by atoms with van der Waals surface area (Å²) in [6, 6.07) is 1.85. The number of hydrogen-bond donors (Lipinski definition) is 3. The molecule has 0 saturated heterocycles. The van der Waals surface area contributed by atoms with E-state index in [1.807, 2.05) is 17.8 Å². The summed E-state index contributed by atoms with van der Waals surface area (Å²) in [6.07, 6.45) is 7.77. The van der Waals surface area contributed by atoms with E-state index in [1.54, 1.807) is 6.20 Å². The summed E-state index contributed by atoms with van der Waals surface area (Å²) < 4.78 is 0.404. The van der Waals surface area contributed by atoms with Crippen molar-refractivity contribution in [1.29, 1.82) is 0 Å². The number of hydrazine groups is 1. The first kappa shape index (κ1) is 11.5. The minimum Gasteiger partial charge on any atom is -0.369 e. The van der Waals surface area contributed by atoms with E-state index in [0.717, 1.165) is 12.4 Å².